The Hall–Kier alpha value is -2.29. The van der Waals surface area contributed by atoms with Gasteiger partial charge in [0.1, 0.15) is 5.75 Å². The van der Waals surface area contributed by atoms with Crippen LogP contribution in [0.1, 0.15) is 36.2 Å². The van der Waals surface area contributed by atoms with Gasteiger partial charge < -0.3 is 10.1 Å². The minimum Gasteiger partial charge on any atom is -0.494 e. The van der Waals surface area contributed by atoms with Gasteiger partial charge in [-0.25, -0.2) is 0 Å². The summed E-state index contributed by atoms with van der Waals surface area (Å²) in [5, 5.41) is 2.92. The van der Waals surface area contributed by atoms with Gasteiger partial charge in [-0.3, -0.25) is 4.79 Å². The third-order valence-electron chi connectivity index (χ3n) is 3.18. The largest absolute Gasteiger partial charge is 0.494 e. The molecule has 0 aliphatic rings. The molecule has 0 bridgehead atoms. The summed E-state index contributed by atoms with van der Waals surface area (Å²) in [6.07, 6.45) is 1.92. The van der Waals surface area contributed by atoms with E-state index in [1.165, 1.54) is 5.56 Å². The molecule has 0 atom stereocenters. The Bertz CT molecular complexity index is 590. The van der Waals surface area contributed by atoms with Crippen molar-refractivity contribution in [3.05, 3.63) is 59.7 Å². The standard InChI is InChI=1S/C18H21NO2/c1-3-12-21-17-10-8-15(9-11-17)18(20)19-16-7-5-6-14(4-2)13-16/h5-11,13H,3-4,12H2,1-2H3,(H,19,20). The van der Waals surface area contributed by atoms with Crippen LogP contribution in [0, 0.1) is 0 Å². The first-order valence-electron chi connectivity index (χ1n) is 7.36. The van der Waals surface area contributed by atoms with E-state index < -0.39 is 0 Å². The maximum Gasteiger partial charge on any atom is 0.255 e. The fourth-order valence-corrected chi connectivity index (χ4v) is 1.99. The first-order valence-corrected chi connectivity index (χ1v) is 7.36. The van der Waals surface area contributed by atoms with Gasteiger partial charge in [0.05, 0.1) is 6.61 Å². The summed E-state index contributed by atoms with van der Waals surface area (Å²) in [5.41, 5.74) is 2.66. The highest BCUT2D eigenvalue weighted by atomic mass is 16.5. The van der Waals surface area contributed by atoms with Gasteiger partial charge in [0.15, 0.2) is 0 Å². The van der Waals surface area contributed by atoms with Gasteiger partial charge in [0, 0.05) is 11.3 Å². The number of amides is 1. The predicted octanol–water partition coefficient (Wildman–Crippen LogP) is 4.29. The van der Waals surface area contributed by atoms with Crippen molar-refractivity contribution in [3.8, 4) is 5.75 Å². The van der Waals surface area contributed by atoms with Gasteiger partial charge in [0.2, 0.25) is 0 Å². The van der Waals surface area contributed by atoms with E-state index in [-0.39, 0.29) is 5.91 Å². The summed E-state index contributed by atoms with van der Waals surface area (Å²) in [6, 6.07) is 15.1. The second-order valence-electron chi connectivity index (χ2n) is 4.88. The van der Waals surface area contributed by atoms with Crippen LogP contribution >= 0.6 is 0 Å². The van der Waals surface area contributed by atoms with Crippen molar-refractivity contribution in [2.24, 2.45) is 0 Å². The van der Waals surface area contributed by atoms with E-state index in [1.807, 2.05) is 30.3 Å². The third kappa shape index (κ3) is 4.35. The lowest BCUT2D eigenvalue weighted by Gasteiger charge is -2.08. The molecule has 0 fully saturated rings. The van der Waals surface area contributed by atoms with Crippen LogP contribution in [0.25, 0.3) is 0 Å². The zero-order chi connectivity index (χ0) is 15.1. The molecule has 0 aliphatic carbocycles. The van der Waals surface area contributed by atoms with Gasteiger partial charge in [-0.05, 0) is 54.8 Å². The predicted molar refractivity (Wildman–Crippen MR) is 86.0 cm³/mol. The fourth-order valence-electron chi connectivity index (χ4n) is 1.99. The number of aryl methyl sites for hydroxylation is 1. The number of hydrogen-bond acceptors (Lipinski definition) is 2. The first kappa shape index (κ1) is 15.1. The summed E-state index contributed by atoms with van der Waals surface area (Å²) in [4.78, 5) is 12.2. The van der Waals surface area contributed by atoms with Gasteiger partial charge in [0.25, 0.3) is 5.91 Å². The number of anilines is 1. The Labute approximate surface area is 126 Å². The Balaban J connectivity index is 2.02. The Morgan fingerprint density at radius 3 is 2.52 bits per heavy atom. The molecule has 0 saturated carbocycles. The molecule has 2 rings (SSSR count). The van der Waals surface area contributed by atoms with E-state index in [0.29, 0.717) is 12.2 Å². The Morgan fingerprint density at radius 2 is 1.86 bits per heavy atom. The van der Waals surface area contributed by atoms with Gasteiger partial charge >= 0.3 is 0 Å². The number of carbonyl (C=O) groups is 1. The maximum atomic E-state index is 12.2. The fraction of sp³-hybridized carbons (Fsp3) is 0.278. The summed E-state index contributed by atoms with van der Waals surface area (Å²) in [6.45, 7) is 4.84. The topological polar surface area (TPSA) is 38.3 Å². The van der Waals surface area contributed by atoms with Crippen LogP contribution in [0.5, 0.6) is 5.75 Å². The molecule has 0 saturated heterocycles. The highest BCUT2D eigenvalue weighted by Gasteiger charge is 2.06. The monoisotopic (exact) mass is 283 g/mol. The smallest absolute Gasteiger partial charge is 0.255 e. The zero-order valence-electron chi connectivity index (χ0n) is 12.6. The average Bonchev–Trinajstić information content (AvgIpc) is 2.53. The van der Waals surface area contributed by atoms with Crippen molar-refractivity contribution < 1.29 is 9.53 Å². The quantitative estimate of drug-likeness (QED) is 0.858. The number of nitrogens with one attached hydrogen (secondary N) is 1. The molecule has 110 valence electrons. The van der Waals surface area contributed by atoms with Crippen molar-refractivity contribution in [2.75, 3.05) is 11.9 Å². The van der Waals surface area contributed by atoms with Gasteiger partial charge in [-0.2, -0.15) is 0 Å². The van der Waals surface area contributed by atoms with Crippen LogP contribution in [0.3, 0.4) is 0 Å². The second-order valence-corrected chi connectivity index (χ2v) is 4.88. The van der Waals surface area contributed by atoms with Crippen molar-refractivity contribution in [1.29, 1.82) is 0 Å². The lowest BCUT2D eigenvalue weighted by atomic mass is 10.1. The molecule has 2 aromatic rings. The summed E-state index contributed by atoms with van der Waals surface area (Å²) >= 11 is 0. The van der Waals surface area contributed by atoms with E-state index in [0.717, 1.165) is 24.3 Å². The van der Waals surface area contributed by atoms with Gasteiger partial charge in [-0.1, -0.05) is 26.0 Å². The molecule has 2 aromatic carbocycles. The van der Waals surface area contributed by atoms with Crippen LogP contribution in [0.15, 0.2) is 48.5 Å². The van der Waals surface area contributed by atoms with E-state index in [4.69, 9.17) is 4.74 Å². The maximum absolute atomic E-state index is 12.2. The van der Waals surface area contributed by atoms with Crippen LogP contribution in [0.4, 0.5) is 5.69 Å². The number of ether oxygens (including phenoxy) is 1. The summed E-state index contributed by atoms with van der Waals surface area (Å²) < 4.78 is 5.51. The zero-order valence-corrected chi connectivity index (χ0v) is 12.6. The molecule has 1 amide bonds. The molecular weight excluding hydrogens is 262 g/mol. The molecule has 3 heteroatoms. The van der Waals surface area contributed by atoms with Crippen LogP contribution in [0.2, 0.25) is 0 Å². The summed E-state index contributed by atoms with van der Waals surface area (Å²) in [7, 11) is 0. The minimum atomic E-state index is -0.106. The van der Waals surface area contributed by atoms with Crippen LogP contribution < -0.4 is 10.1 Å². The molecule has 21 heavy (non-hydrogen) atoms. The number of rotatable bonds is 6. The van der Waals surface area contributed by atoms with E-state index in [9.17, 15) is 4.79 Å². The molecule has 0 aliphatic heterocycles. The van der Waals surface area contributed by atoms with Crippen molar-refractivity contribution >= 4 is 11.6 Å². The van der Waals surface area contributed by atoms with E-state index in [2.05, 4.69) is 25.2 Å². The van der Waals surface area contributed by atoms with Gasteiger partial charge in [-0.15, -0.1) is 0 Å². The lowest BCUT2D eigenvalue weighted by Crippen LogP contribution is -2.11. The Kier molecular flexibility index (Phi) is 5.38. The molecule has 0 radical (unpaired) electrons. The lowest BCUT2D eigenvalue weighted by molar-refractivity contribution is 0.102. The Morgan fingerprint density at radius 1 is 1.10 bits per heavy atom. The molecule has 0 heterocycles. The molecule has 1 N–H and O–H groups in total. The molecule has 0 aromatic heterocycles. The normalized spacial score (nSPS) is 10.2. The number of benzene rings is 2. The van der Waals surface area contributed by atoms with Crippen molar-refractivity contribution in [1.82, 2.24) is 0 Å². The molecule has 0 unspecified atom stereocenters. The van der Waals surface area contributed by atoms with Crippen molar-refractivity contribution in [2.45, 2.75) is 26.7 Å². The van der Waals surface area contributed by atoms with Crippen LogP contribution in [-0.4, -0.2) is 12.5 Å². The second kappa shape index (κ2) is 7.48. The van der Waals surface area contributed by atoms with Crippen molar-refractivity contribution in [3.63, 3.8) is 0 Å². The SMILES string of the molecule is CCCOc1ccc(C(=O)Nc2cccc(CC)c2)cc1. The van der Waals surface area contributed by atoms with Crippen LogP contribution in [-0.2, 0) is 6.42 Å². The number of carbonyl (C=O) groups excluding carboxylic acids is 1. The minimum absolute atomic E-state index is 0.106. The van der Waals surface area contributed by atoms with E-state index >= 15 is 0 Å². The summed E-state index contributed by atoms with van der Waals surface area (Å²) in [5.74, 6) is 0.687. The highest BCUT2D eigenvalue weighted by Crippen LogP contribution is 2.15. The molecule has 3 nitrogen and oxygen atoms in total. The van der Waals surface area contributed by atoms with E-state index in [1.54, 1.807) is 12.1 Å². The first-order chi connectivity index (χ1) is 10.2. The average molecular weight is 283 g/mol. The molecular formula is C18H21NO2. The third-order valence-corrected chi connectivity index (χ3v) is 3.18. The molecule has 0 spiro atoms. The number of hydrogen-bond donors (Lipinski definition) is 1. The highest BCUT2D eigenvalue weighted by molar-refractivity contribution is 6.04.